The summed E-state index contributed by atoms with van der Waals surface area (Å²) in [6, 6.07) is 5.67. The second kappa shape index (κ2) is 5.26. The van der Waals surface area contributed by atoms with Gasteiger partial charge in [0.25, 0.3) is 0 Å². The van der Waals surface area contributed by atoms with Gasteiger partial charge in [-0.15, -0.1) is 11.8 Å². The van der Waals surface area contributed by atoms with Crippen molar-refractivity contribution in [2.45, 2.75) is 49.0 Å². The molecule has 0 N–H and O–H groups in total. The number of rotatable bonds is 2. The summed E-state index contributed by atoms with van der Waals surface area (Å²) in [4.78, 5) is 12.3. The Kier molecular flexibility index (Phi) is 3.67. The highest BCUT2D eigenvalue weighted by atomic mass is 35.5. The molecule has 0 aromatic heterocycles. The lowest BCUT2D eigenvalue weighted by atomic mass is 10.0. The maximum Gasteiger partial charge on any atom is 0.176 e. The van der Waals surface area contributed by atoms with Crippen LogP contribution in [0.3, 0.4) is 0 Å². The topological polar surface area (TPSA) is 17.1 Å². The molecule has 1 atom stereocenters. The molecule has 96 valence electrons. The number of carbonyl (C=O) groups is 1. The van der Waals surface area contributed by atoms with Crippen LogP contribution in [0.25, 0.3) is 0 Å². The van der Waals surface area contributed by atoms with Crippen LogP contribution in [0.4, 0.5) is 0 Å². The van der Waals surface area contributed by atoms with Gasteiger partial charge >= 0.3 is 0 Å². The van der Waals surface area contributed by atoms with Crippen molar-refractivity contribution in [2.75, 3.05) is 0 Å². The molecule has 0 radical (unpaired) electrons. The van der Waals surface area contributed by atoms with Crippen LogP contribution in [0, 0.1) is 0 Å². The molecule has 18 heavy (non-hydrogen) atoms. The van der Waals surface area contributed by atoms with E-state index in [4.69, 9.17) is 11.6 Å². The van der Waals surface area contributed by atoms with E-state index in [0.29, 0.717) is 11.0 Å². The van der Waals surface area contributed by atoms with Crippen molar-refractivity contribution in [1.82, 2.24) is 0 Å². The van der Waals surface area contributed by atoms with E-state index >= 15 is 0 Å². The van der Waals surface area contributed by atoms with E-state index in [1.54, 1.807) is 0 Å². The maximum atomic E-state index is 12.3. The zero-order valence-corrected chi connectivity index (χ0v) is 11.9. The van der Waals surface area contributed by atoms with Gasteiger partial charge in [0.1, 0.15) is 0 Å². The number of halogens is 1. The Morgan fingerprint density at radius 1 is 1.17 bits per heavy atom. The summed E-state index contributed by atoms with van der Waals surface area (Å²) < 4.78 is 0. The zero-order chi connectivity index (χ0) is 12.5. The van der Waals surface area contributed by atoms with Gasteiger partial charge < -0.3 is 0 Å². The second-order valence-corrected chi connectivity index (χ2v) is 7.20. The van der Waals surface area contributed by atoms with Crippen molar-refractivity contribution in [1.29, 1.82) is 0 Å². The van der Waals surface area contributed by atoms with Crippen molar-refractivity contribution < 1.29 is 4.79 Å². The van der Waals surface area contributed by atoms with Gasteiger partial charge in [-0.2, -0.15) is 0 Å². The molecular weight excluding hydrogens is 264 g/mol. The average molecular weight is 281 g/mol. The summed E-state index contributed by atoms with van der Waals surface area (Å²) in [5.74, 6) is 0.317. The van der Waals surface area contributed by atoms with Gasteiger partial charge in [0, 0.05) is 15.8 Å². The van der Waals surface area contributed by atoms with Gasteiger partial charge in [0.05, 0.1) is 5.25 Å². The first-order valence-corrected chi connectivity index (χ1v) is 8.04. The fourth-order valence-electron chi connectivity index (χ4n) is 2.98. The summed E-state index contributed by atoms with van der Waals surface area (Å²) in [6.45, 7) is 0. The number of hydrogen-bond acceptors (Lipinski definition) is 2. The van der Waals surface area contributed by atoms with E-state index in [1.165, 1.54) is 32.1 Å². The zero-order valence-electron chi connectivity index (χ0n) is 10.3. The molecule has 1 saturated carbocycles. The largest absolute Gasteiger partial charge is 0.293 e. The Labute approximate surface area is 117 Å². The van der Waals surface area contributed by atoms with Crippen LogP contribution in [0.1, 0.15) is 48.0 Å². The van der Waals surface area contributed by atoms with Crippen LogP contribution in [0.15, 0.2) is 18.2 Å². The number of thioether (sulfide) groups is 1. The third-order valence-electron chi connectivity index (χ3n) is 3.94. The van der Waals surface area contributed by atoms with Crippen LogP contribution < -0.4 is 0 Å². The lowest BCUT2D eigenvalue weighted by Crippen LogP contribution is -2.18. The first-order chi connectivity index (χ1) is 8.74. The Bertz CT molecular complexity index is 466. The highest BCUT2D eigenvalue weighted by molar-refractivity contribution is 8.01. The second-order valence-electron chi connectivity index (χ2n) is 5.25. The van der Waals surface area contributed by atoms with Gasteiger partial charge in [0.15, 0.2) is 5.78 Å². The summed E-state index contributed by atoms with van der Waals surface area (Å²) in [7, 11) is 0. The monoisotopic (exact) mass is 280 g/mol. The van der Waals surface area contributed by atoms with E-state index in [-0.39, 0.29) is 5.25 Å². The predicted octanol–water partition coefficient (Wildman–Crippen LogP) is 4.51. The summed E-state index contributed by atoms with van der Waals surface area (Å²) >= 11 is 7.90. The molecular formula is C15H17ClOS. The Balaban J connectivity index is 1.71. The van der Waals surface area contributed by atoms with E-state index in [2.05, 4.69) is 0 Å². The molecule has 0 bridgehead atoms. The minimum absolute atomic E-state index is 0.140. The molecule has 3 heteroatoms. The molecule has 0 amide bonds. The van der Waals surface area contributed by atoms with Crippen molar-refractivity contribution in [3.63, 3.8) is 0 Å². The smallest absolute Gasteiger partial charge is 0.176 e. The molecule has 2 aliphatic rings. The average Bonchev–Trinajstić information content (AvgIpc) is 2.67. The molecule has 1 aromatic carbocycles. The molecule has 0 aliphatic heterocycles. The number of fused-ring (bicyclic) bond motifs is 1. The van der Waals surface area contributed by atoms with Gasteiger partial charge in [0.2, 0.25) is 0 Å². The minimum atomic E-state index is 0.140. The lowest BCUT2D eigenvalue weighted by Gasteiger charge is -2.23. The van der Waals surface area contributed by atoms with Gasteiger partial charge in [-0.05, 0) is 43.0 Å². The maximum absolute atomic E-state index is 12.3. The number of hydrogen-bond donors (Lipinski definition) is 0. The summed E-state index contributed by atoms with van der Waals surface area (Å²) in [6.07, 6.45) is 7.47. The first-order valence-electron chi connectivity index (χ1n) is 6.72. The number of ketones is 1. The number of benzene rings is 1. The summed E-state index contributed by atoms with van der Waals surface area (Å²) in [5.41, 5.74) is 2.04. The molecule has 1 nitrogen and oxygen atoms in total. The van der Waals surface area contributed by atoms with Crippen molar-refractivity contribution in [3.8, 4) is 0 Å². The van der Waals surface area contributed by atoms with Gasteiger partial charge in [-0.25, -0.2) is 0 Å². The van der Waals surface area contributed by atoms with E-state index < -0.39 is 0 Å². The molecule has 0 saturated heterocycles. The minimum Gasteiger partial charge on any atom is -0.293 e. The van der Waals surface area contributed by atoms with Gasteiger partial charge in [-0.3, -0.25) is 4.79 Å². The van der Waals surface area contributed by atoms with Crippen LogP contribution in [-0.4, -0.2) is 16.3 Å². The van der Waals surface area contributed by atoms with E-state index in [0.717, 1.165) is 22.6 Å². The number of Topliss-reactive ketones (excluding diaryl/α,β-unsaturated/α-hetero) is 1. The highest BCUT2D eigenvalue weighted by Gasteiger charge is 2.33. The van der Waals surface area contributed by atoms with Crippen LogP contribution in [-0.2, 0) is 6.42 Å². The standard InChI is InChI=1S/C15H17ClOS/c16-11-6-7-13-10(8-11)9-14(15(13)17)18-12-4-2-1-3-5-12/h6-8,12,14H,1-5,9H2. The first kappa shape index (κ1) is 12.6. The SMILES string of the molecule is O=C1c2ccc(Cl)cc2CC1SC1CCCCC1. The van der Waals surface area contributed by atoms with E-state index in [9.17, 15) is 4.79 Å². The van der Waals surface area contributed by atoms with E-state index in [1.807, 2.05) is 30.0 Å². The lowest BCUT2D eigenvalue weighted by molar-refractivity contribution is 0.1000. The Hall–Kier alpha value is -0.470. The molecule has 2 aliphatic carbocycles. The molecule has 0 spiro atoms. The quantitative estimate of drug-likeness (QED) is 0.793. The normalized spacial score (nSPS) is 24.3. The fraction of sp³-hybridized carbons (Fsp3) is 0.533. The molecule has 3 rings (SSSR count). The third kappa shape index (κ3) is 2.46. The Morgan fingerprint density at radius 3 is 2.72 bits per heavy atom. The highest BCUT2D eigenvalue weighted by Crippen LogP contribution is 2.38. The van der Waals surface area contributed by atoms with Gasteiger partial charge in [-0.1, -0.05) is 30.9 Å². The van der Waals surface area contributed by atoms with Crippen LogP contribution in [0.5, 0.6) is 0 Å². The summed E-state index contributed by atoms with van der Waals surface area (Å²) in [5, 5.41) is 1.57. The molecule has 0 heterocycles. The van der Waals surface area contributed by atoms with Crippen molar-refractivity contribution >= 4 is 29.1 Å². The Morgan fingerprint density at radius 2 is 1.94 bits per heavy atom. The molecule has 1 unspecified atom stereocenters. The predicted molar refractivity (Wildman–Crippen MR) is 77.7 cm³/mol. The van der Waals surface area contributed by atoms with Crippen LogP contribution in [0.2, 0.25) is 5.02 Å². The van der Waals surface area contributed by atoms with Crippen molar-refractivity contribution in [3.05, 3.63) is 34.3 Å². The third-order valence-corrected chi connectivity index (χ3v) is 5.74. The molecule has 1 aromatic rings. The molecule has 1 fully saturated rings. The van der Waals surface area contributed by atoms with Crippen LogP contribution >= 0.6 is 23.4 Å². The number of carbonyl (C=O) groups excluding carboxylic acids is 1. The fourth-order valence-corrected chi connectivity index (χ4v) is 4.77. The van der Waals surface area contributed by atoms with Crippen molar-refractivity contribution in [2.24, 2.45) is 0 Å².